The zero-order valence-corrected chi connectivity index (χ0v) is 19.4. The Labute approximate surface area is 188 Å². The highest BCUT2D eigenvalue weighted by Gasteiger charge is 2.32. The van der Waals surface area contributed by atoms with Crippen molar-refractivity contribution in [2.75, 3.05) is 39.8 Å². The molecule has 2 saturated heterocycles. The van der Waals surface area contributed by atoms with Gasteiger partial charge in [-0.2, -0.15) is 8.78 Å². The molecule has 1 N–H and O–H groups in total. The fourth-order valence-corrected chi connectivity index (χ4v) is 3.78. The summed E-state index contributed by atoms with van der Waals surface area (Å²) in [4.78, 5) is 9.30. The molecule has 2 heterocycles. The number of halogens is 3. The van der Waals surface area contributed by atoms with E-state index in [9.17, 15) is 8.78 Å². The molecule has 2 fully saturated rings. The van der Waals surface area contributed by atoms with Crippen LogP contribution in [0.5, 0.6) is 5.75 Å². The third-order valence-electron chi connectivity index (χ3n) is 5.17. The van der Waals surface area contributed by atoms with Crippen molar-refractivity contribution in [1.29, 1.82) is 0 Å². The summed E-state index contributed by atoms with van der Waals surface area (Å²) in [6, 6.07) is 7.28. The highest BCUT2D eigenvalue weighted by atomic mass is 127. The van der Waals surface area contributed by atoms with Crippen molar-refractivity contribution in [1.82, 2.24) is 15.1 Å². The van der Waals surface area contributed by atoms with Gasteiger partial charge < -0.3 is 19.7 Å². The average Bonchev–Trinajstić information content (AvgIpc) is 3.14. The fraction of sp³-hybridized carbons (Fsp3) is 0.650. The number of guanidine groups is 1. The number of aliphatic imine (C=N–C) groups is 1. The highest BCUT2D eigenvalue weighted by Crippen LogP contribution is 2.22. The molecule has 1 aromatic carbocycles. The van der Waals surface area contributed by atoms with Crippen molar-refractivity contribution in [2.45, 2.75) is 45.1 Å². The van der Waals surface area contributed by atoms with E-state index in [1.54, 1.807) is 24.3 Å². The number of morpholine rings is 1. The Morgan fingerprint density at radius 1 is 1.38 bits per heavy atom. The number of alkyl halides is 2. The number of fused-ring (bicyclic) bond motifs is 1. The molecule has 2 aliphatic heterocycles. The lowest BCUT2D eigenvalue weighted by molar-refractivity contribution is -0.0498. The molecule has 2 unspecified atom stereocenters. The van der Waals surface area contributed by atoms with Gasteiger partial charge in [0.1, 0.15) is 5.75 Å². The number of hydrogen-bond donors (Lipinski definition) is 1. The van der Waals surface area contributed by atoms with E-state index in [1.807, 2.05) is 18.9 Å². The first kappa shape index (κ1) is 24.1. The zero-order valence-electron chi connectivity index (χ0n) is 17.0. The van der Waals surface area contributed by atoms with Crippen LogP contribution in [0, 0.1) is 0 Å². The molecule has 3 rings (SSSR count). The van der Waals surface area contributed by atoms with Crippen molar-refractivity contribution in [3.63, 3.8) is 0 Å². The first-order valence-corrected chi connectivity index (χ1v) is 9.94. The Kier molecular flexibility index (Phi) is 9.84. The quantitative estimate of drug-likeness (QED) is 0.338. The second kappa shape index (κ2) is 11.8. The summed E-state index contributed by atoms with van der Waals surface area (Å²) in [7, 11) is 1.96. The average molecular weight is 524 g/mol. The van der Waals surface area contributed by atoms with E-state index < -0.39 is 6.61 Å². The Morgan fingerprint density at radius 2 is 2.14 bits per heavy atom. The standard InChI is InChI=1S/C20H30F2N4O2.HI/c1-3-23-20(24-11-18-13-26-10-4-5-16(26)14-27-18)25(2)12-15-6-8-17(9-7-15)28-19(21)22;/h6-9,16,18-19H,3-5,10-14H2,1-2H3,(H,23,24);1H. The van der Waals surface area contributed by atoms with E-state index in [-0.39, 0.29) is 35.8 Å². The number of benzene rings is 1. The Bertz CT molecular complexity index is 648. The Morgan fingerprint density at radius 3 is 2.83 bits per heavy atom. The number of nitrogens with one attached hydrogen (secondary N) is 1. The molecule has 0 aromatic heterocycles. The molecule has 0 aliphatic carbocycles. The molecular formula is C20H31F2IN4O2. The lowest BCUT2D eigenvalue weighted by Gasteiger charge is -2.34. The number of nitrogens with zero attached hydrogens (tertiary/aromatic N) is 3. The molecule has 1 aromatic rings. The molecule has 0 amide bonds. The number of hydrogen-bond acceptors (Lipinski definition) is 4. The van der Waals surface area contributed by atoms with Crippen LogP contribution in [0.4, 0.5) is 8.78 Å². The second-order valence-corrected chi connectivity index (χ2v) is 7.32. The highest BCUT2D eigenvalue weighted by molar-refractivity contribution is 14.0. The van der Waals surface area contributed by atoms with Crippen LogP contribution in [0.15, 0.2) is 29.3 Å². The molecule has 2 aliphatic rings. The topological polar surface area (TPSA) is 49.3 Å². The summed E-state index contributed by atoms with van der Waals surface area (Å²) < 4.78 is 34.9. The van der Waals surface area contributed by atoms with Crippen molar-refractivity contribution in [2.24, 2.45) is 4.99 Å². The van der Waals surface area contributed by atoms with Crippen LogP contribution in [0.1, 0.15) is 25.3 Å². The maximum Gasteiger partial charge on any atom is 0.387 e. The molecule has 6 nitrogen and oxygen atoms in total. The van der Waals surface area contributed by atoms with Crippen LogP contribution < -0.4 is 10.1 Å². The summed E-state index contributed by atoms with van der Waals surface area (Å²) in [6.45, 7) is 4.15. The van der Waals surface area contributed by atoms with Crippen LogP contribution in [0.25, 0.3) is 0 Å². The summed E-state index contributed by atoms with van der Waals surface area (Å²) in [5.74, 6) is 0.971. The first-order chi connectivity index (χ1) is 13.5. The lowest BCUT2D eigenvalue weighted by atomic mass is 10.2. The third-order valence-corrected chi connectivity index (χ3v) is 5.17. The van der Waals surface area contributed by atoms with Gasteiger partial charge in [-0.1, -0.05) is 12.1 Å². The maximum absolute atomic E-state index is 12.3. The summed E-state index contributed by atoms with van der Waals surface area (Å²) in [5.41, 5.74) is 0.989. The van der Waals surface area contributed by atoms with Gasteiger partial charge in [0.15, 0.2) is 5.96 Å². The summed E-state index contributed by atoms with van der Waals surface area (Å²) in [6.07, 6.45) is 2.63. The van der Waals surface area contributed by atoms with E-state index in [1.165, 1.54) is 19.4 Å². The van der Waals surface area contributed by atoms with Crippen molar-refractivity contribution < 1.29 is 18.3 Å². The van der Waals surface area contributed by atoms with Crippen molar-refractivity contribution in [3.05, 3.63) is 29.8 Å². The number of ether oxygens (including phenoxy) is 2. The minimum absolute atomic E-state index is 0. The van der Waals surface area contributed by atoms with Gasteiger partial charge in [-0.05, 0) is 44.0 Å². The van der Waals surface area contributed by atoms with Crippen molar-refractivity contribution in [3.8, 4) is 5.75 Å². The van der Waals surface area contributed by atoms with E-state index in [0.29, 0.717) is 19.1 Å². The van der Waals surface area contributed by atoms with Gasteiger partial charge in [0, 0.05) is 32.7 Å². The van der Waals surface area contributed by atoms with Gasteiger partial charge in [-0.25, -0.2) is 0 Å². The van der Waals surface area contributed by atoms with Gasteiger partial charge in [0.2, 0.25) is 0 Å². The second-order valence-electron chi connectivity index (χ2n) is 7.32. The molecule has 0 spiro atoms. The lowest BCUT2D eigenvalue weighted by Crippen LogP contribution is -2.47. The summed E-state index contributed by atoms with van der Waals surface area (Å²) >= 11 is 0. The molecule has 0 saturated carbocycles. The fourth-order valence-electron chi connectivity index (χ4n) is 3.78. The summed E-state index contributed by atoms with van der Waals surface area (Å²) in [5, 5.41) is 3.31. The predicted octanol–water partition coefficient (Wildman–Crippen LogP) is 3.17. The molecule has 164 valence electrons. The minimum atomic E-state index is -2.81. The predicted molar refractivity (Wildman–Crippen MR) is 120 cm³/mol. The van der Waals surface area contributed by atoms with Gasteiger partial charge in [0.25, 0.3) is 0 Å². The molecule has 9 heteroatoms. The van der Waals surface area contributed by atoms with Crippen LogP contribution in [0.2, 0.25) is 0 Å². The molecular weight excluding hydrogens is 493 g/mol. The third kappa shape index (κ3) is 7.21. The van der Waals surface area contributed by atoms with Crippen molar-refractivity contribution >= 4 is 29.9 Å². The van der Waals surface area contributed by atoms with E-state index in [4.69, 9.17) is 9.73 Å². The van der Waals surface area contributed by atoms with Gasteiger partial charge in [-0.3, -0.25) is 9.89 Å². The Hall–Kier alpha value is -1.20. The van der Waals surface area contributed by atoms with Crippen LogP contribution in [0.3, 0.4) is 0 Å². The Balaban J connectivity index is 0.00000300. The normalized spacial score (nSPS) is 22.2. The van der Waals surface area contributed by atoms with Crippen LogP contribution in [-0.4, -0.2) is 74.4 Å². The smallest absolute Gasteiger partial charge is 0.387 e. The molecule has 0 radical (unpaired) electrons. The zero-order chi connectivity index (χ0) is 19.9. The maximum atomic E-state index is 12.3. The molecule has 0 bridgehead atoms. The number of rotatable bonds is 7. The van der Waals surface area contributed by atoms with E-state index >= 15 is 0 Å². The van der Waals surface area contributed by atoms with Gasteiger partial charge in [-0.15, -0.1) is 24.0 Å². The van der Waals surface area contributed by atoms with E-state index in [0.717, 1.165) is 31.2 Å². The van der Waals surface area contributed by atoms with Gasteiger partial charge in [0.05, 0.1) is 19.3 Å². The SMILES string of the molecule is CCNC(=NCC1CN2CCCC2CO1)N(C)Cc1ccc(OC(F)F)cc1.I. The molecule has 2 atom stereocenters. The van der Waals surface area contributed by atoms with Crippen LogP contribution in [-0.2, 0) is 11.3 Å². The van der Waals surface area contributed by atoms with E-state index in [2.05, 4.69) is 15.0 Å². The van der Waals surface area contributed by atoms with Crippen LogP contribution >= 0.6 is 24.0 Å². The molecule has 29 heavy (non-hydrogen) atoms. The first-order valence-electron chi connectivity index (χ1n) is 9.94. The minimum Gasteiger partial charge on any atom is -0.435 e. The monoisotopic (exact) mass is 524 g/mol. The largest absolute Gasteiger partial charge is 0.435 e. The van der Waals surface area contributed by atoms with Gasteiger partial charge >= 0.3 is 6.61 Å².